The third-order valence-corrected chi connectivity index (χ3v) is 7.74. The molecule has 1 atom stereocenters. The number of carbonyl (C=O) groups is 1. The van der Waals surface area contributed by atoms with Crippen molar-refractivity contribution >= 4 is 22.6 Å². The van der Waals surface area contributed by atoms with Gasteiger partial charge in [-0.05, 0) is 43.5 Å². The maximum absolute atomic E-state index is 13.2. The van der Waals surface area contributed by atoms with Crippen LogP contribution >= 0.6 is 0 Å². The van der Waals surface area contributed by atoms with Gasteiger partial charge in [0.1, 0.15) is 21.5 Å². The summed E-state index contributed by atoms with van der Waals surface area (Å²) >= 11 is 0. The number of rotatable bonds is 8. The van der Waals surface area contributed by atoms with Gasteiger partial charge in [-0.15, -0.1) is 0 Å². The summed E-state index contributed by atoms with van der Waals surface area (Å²) in [6, 6.07) is 7.18. The van der Waals surface area contributed by atoms with Crippen LogP contribution in [-0.4, -0.2) is 71.3 Å². The van der Waals surface area contributed by atoms with Gasteiger partial charge in [0.05, 0.1) is 6.61 Å². The van der Waals surface area contributed by atoms with Crippen molar-refractivity contribution < 1.29 is 31.6 Å². The molecule has 1 aromatic carbocycles. The molecule has 1 unspecified atom stereocenters. The molecule has 2 heterocycles. The van der Waals surface area contributed by atoms with Crippen LogP contribution < -0.4 is 15.4 Å². The Morgan fingerprint density at radius 3 is 2.29 bits per heavy atom. The van der Waals surface area contributed by atoms with Crippen molar-refractivity contribution in [2.24, 2.45) is 5.73 Å². The van der Waals surface area contributed by atoms with E-state index >= 15 is 0 Å². The largest absolute Gasteiger partial charge is 0.494 e. The maximum atomic E-state index is 13.2. The molecular weight excluding hydrogens is 435 g/mol. The summed E-state index contributed by atoms with van der Waals surface area (Å²) in [5.74, 6) is -0.0176. The molecule has 0 aliphatic carbocycles. The lowest BCUT2D eigenvalue weighted by Crippen LogP contribution is -2.58. The molecule has 174 valence electrons. The summed E-state index contributed by atoms with van der Waals surface area (Å²) in [5.41, 5.74) is 6.56. The van der Waals surface area contributed by atoms with Gasteiger partial charge in [0.2, 0.25) is 5.91 Å². The van der Waals surface area contributed by atoms with E-state index in [0.717, 1.165) is 5.69 Å². The number of primary amides is 1. The van der Waals surface area contributed by atoms with Gasteiger partial charge in [0.15, 0.2) is 0 Å². The van der Waals surface area contributed by atoms with Crippen molar-refractivity contribution in [1.82, 2.24) is 4.31 Å². The summed E-state index contributed by atoms with van der Waals surface area (Å²) in [5, 5.41) is 0. The normalized spacial score (nSPS) is 20.9. The van der Waals surface area contributed by atoms with Crippen LogP contribution in [0.15, 0.2) is 24.3 Å². The zero-order chi connectivity index (χ0) is 22.5. The highest BCUT2D eigenvalue weighted by Crippen LogP contribution is 2.31. The summed E-state index contributed by atoms with van der Waals surface area (Å²) in [7, 11) is -1.52. The fraction of sp³-hybridized carbons (Fsp3) is 0.650. The standard InChI is InChI=1S/C20H28F3N3O4S/c21-20(22,23)6-1-13-30-17-4-2-16(3-5-17)25-9-11-26(12-10-25)31(28)19(18(24)27)7-14-29-15-8-19/h2-5H,1,6-15H2,(H2,24,27). The Bertz CT molecular complexity index is 762. The van der Waals surface area contributed by atoms with Crippen LogP contribution in [-0.2, 0) is 20.5 Å². The predicted molar refractivity (Wildman–Crippen MR) is 111 cm³/mol. The molecular formula is C20H28F3N3O4S. The number of nitrogens with zero attached hydrogens (tertiary/aromatic N) is 2. The molecule has 3 rings (SSSR count). The highest BCUT2D eigenvalue weighted by molar-refractivity contribution is 7.85. The molecule has 1 aromatic rings. The zero-order valence-electron chi connectivity index (χ0n) is 17.2. The van der Waals surface area contributed by atoms with Crippen molar-refractivity contribution in [3.63, 3.8) is 0 Å². The molecule has 2 aliphatic rings. The number of piperazine rings is 1. The number of benzene rings is 1. The number of halogens is 3. The van der Waals surface area contributed by atoms with E-state index in [4.69, 9.17) is 15.2 Å². The first-order valence-corrected chi connectivity index (χ1v) is 11.4. The highest BCUT2D eigenvalue weighted by atomic mass is 32.2. The first kappa shape index (κ1) is 23.8. The Morgan fingerprint density at radius 2 is 1.74 bits per heavy atom. The summed E-state index contributed by atoms with van der Waals surface area (Å²) < 4.78 is 61.1. The van der Waals surface area contributed by atoms with Gasteiger partial charge in [0.25, 0.3) is 0 Å². The minimum atomic E-state index is -4.17. The van der Waals surface area contributed by atoms with Gasteiger partial charge in [-0.3, -0.25) is 4.79 Å². The maximum Gasteiger partial charge on any atom is 0.389 e. The second-order valence-electron chi connectivity index (χ2n) is 7.70. The molecule has 0 aromatic heterocycles. The molecule has 11 heteroatoms. The lowest BCUT2D eigenvalue weighted by molar-refractivity contribution is -0.136. The minimum absolute atomic E-state index is 0.00992. The molecule has 2 fully saturated rings. The van der Waals surface area contributed by atoms with Crippen LogP contribution in [0.1, 0.15) is 25.7 Å². The van der Waals surface area contributed by atoms with E-state index in [-0.39, 0.29) is 13.0 Å². The van der Waals surface area contributed by atoms with Gasteiger partial charge in [-0.25, -0.2) is 8.51 Å². The number of amides is 1. The van der Waals surface area contributed by atoms with Gasteiger partial charge in [-0.1, -0.05) is 0 Å². The third-order valence-electron chi connectivity index (χ3n) is 5.63. The van der Waals surface area contributed by atoms with Gasteiger partial charge >= 0.3 is 6.18 Å². The van der Waals surface area contributed by atoms with Crippen LogP contribution in [0.4, 0.5) is 18.9 Å². The first-order chi connectivity index (χ1) is 14.7. The average Bonchev–Trinajstić information content (AvgIpc) is 2.76. The van der Waals surface area contributed by atoms with E-state index in [2.05, 4.69) is 4.90 Å². The summed E-state index contributed by atoms with van der Waals surface area (Å²) in [6.07, 6.45) is -4.38. The minimum Gasteiger partial charge on any atom is -0.494 e. The van der Waals surface area contributed by atoms with E-state index in [1.807, 2.05) is 16.4 Å². The molecule has 2 N–H and O–H groups in total. The van der Waals surface area contributed by atoms with Crippen molar-refractivity contribution in [3.05, 3.63) is 24.3 Å². The second kappa shape index (κ2) is 10.2. The molecule has 31 heavy (non-hydrogen) atoms. The lowest BCUT2D eigenvalue weighted by atomic mass is 9.98. The Balaban J connectivity index is 1.50. The smallest absolute Gasteiger partial charge is 0.389 e. The Hall–Kier alpha value is -1.85. The Morgan fingerprint density at radius 1 is 1.13 bits per heavy atom. The van der Waals surface area contributed by atoms with E-state index in [9.17, 15) is 22.2 Å². The van der Waals surface area contributed by atoms with Crippen molar-refractivity contribution in [2.45, 2.75) is 36.6 Å². The van der Waals surface area contributed by atoms with Crippen LogP contribution in [0.3, 0.4) is 0 Å². The van der Waals surface area contributed by atoms with Crippen molar-refractivity contribution in [1.29, 1.82) is 0 Å². The highest BCUT2D eigenvalue weighted by Gasteiger charge is 2.47. The quantitative estimate of drug-likeness (QED) is 0.598. The fourth-order valence-electron chi connectivity index (χ4n) is 3.78. The molecule has 0 radical (unpaired) electrons. The summed E-state index contributed by atoms with van der Waals surface area (Å²) in [6.45, 7) is 3.07. The monoisotopic (exact) mass is 463 g/mol. The van der Waals surface area contributed by atoms with Gasteiger partial charge in [-0.2, -0.15) is 13.2 Å². The Kier molecular flexibility index (Phi) is 7.82. The third kappa shape index (κ3) is 6.11. The molecule has 1 amide bonds. The molecule has 2 saturated heterocycles. The number of nitrogens with two attached hydrogens (primary N) is 1. The van der Waals surface area contributed by atoms with Crippen LogP contribution in [0.2, 0.25) is 0 Å². The molecule has 2 aliphatic heterocycles. The molecule has 0 saturated carbocycles. The Labute approximate surface area is 182 Å². The number of alkyl halides is 3. The topological polar surface area (TPSA) is 85.1 Å². The molecule has 0 spiro atoms. The predicted octanol–water partition coefficient (Wildman–Crippen LogP) is 2.23. The zero-order valence-corrected chi connectivity index (χ0v) is 18.1. The van der Waals surface area contributed by atoms with Gasteiger partial charge < -0.3 is 20.1 Å². The van der Waals surface area contributed by atoms with E-state index in [0.29, 0.717) is 58.0 Å². The first-order valence-electron chi connectivity index (χ1n) is 10.3. The number of carbonyl (C=O) groups excluding carboxylic acids is 1. The van der Waals surface area contributed by atoms with E-state index in [1.165, 1.54) is 0 Å². The number of ether oxygens (including phenoxy) is 2. The van der Waals surface area contributed by atoms with E-state index < -0.39 is 34.2 Å². The average molecular weight is 464 g/mol. The van der Waals surface area contributed by atoms with Gasteiger partial charge in [0, 0.05) is 51.5 Å². The number of hydrogen-bond acceptors (Lipinski definition) is 5. The second-order valence-corrected chi connectivity index (χ2v) is 9.49. The SMILES string of the molecule is NC(=O)C1(S(=O)N2CCN(c3ccc(OCCCC(F)(F)F)cc3)CC2)CCOCC1. The molecule has 0 bridgehead atoms. The van der Waals surface area contributed by atoms with Crippen LogP contribution in [0, 0.1) is 0 Å². The van der Waals surface area contributed by atoms with E-state index in [1.54, 1.807) is 12.1 Å². The fourth-order valence-corrected chi connectivity index (χ4v) is 5.46. The van der Waals surface area contributed by atoms with Crippen molar-refractivity contribution in [2.75, 3.05) is 50.9 Å². The number of anilines is 1. The van der Waals surface area contributed by atoms with Crippen LogP contribution in [0.5, 0.6) is 5.75 Å². The summed E-state index contributed by atoms with van der Waals surface area (Å²) in [4.78, 5) is 14.2. The number of hydrogen-bond donors (Lipinski definition) is 1. The van der Waals surface area contributed by atoms with Crippen LogP contribution in [0.25, 0.3) is 0 Å². The van der Waals surface area contributed by atoms with Crippen molar-refractivity contribution in [3.8, 4) is 5.75 Å². The lowest BCUT2D eigenvalue weighted by Gasteiger charge is -2.41. The molecule has 7 nitrogen and oxygen atoms in total.